The largest absolute Gasteiger partial charge is 0.481 e. The van der Waals surface area contributed by atoms with Crippen molar-refractivity contribution in [1.82, 2.24) is 31.9 Å². The van der Waals surface area contributed by atoms with E-state index in [4.69, 9.17) is 28.8 Å². The molecule has 0 aromatic heterocycles. The van der Waals surface area contributed by atoms with Crippen molar-refractivity contribution in [3.8, 4) is 0 Å². The van der Waals surface area contributed by atoms with Gasteiger partial charge in [0.1, 0.15) is 24.2 Å². The standard InChI is InChI=1S/C49H74N6O16/c1-2-67-26-27-69-30-31-71-33-32-70-29-28-68-25-24-51-45(60)40(34-36-14-8-6-9-15-36)53-46(61)41(35-37-16-10-7-11-17-37)52-43(57)18-12-4-3-5-13-23-50-42(56)21-19-38(47(62)63)54-49(66)55-39(48(64)65)20-22-44(58)59/h6-11,14-17,38-41H,2-5,12-13,18-35H2,1H3,(H,50,56)(H,51,60)(H,52,57)(H,53,61)(H,58,59)(H,62,63)(H,64,65)(H2,54,55,66)/t38-,39-,40-,41?/m0/s1. The molecule has 22 heteroatoms. The first kappa shape index (κ1) is 60.9. The Morgan fingerprint density at radius 3 is 1.42 bits per heavy atom. The average Bonchev–Trinajstić information content (AvgIpc) is 3.34. The Kier molecular flexibility index (Phi) is 33.1. The molecule has 0 saturated carbocycles. The maximum atomic E-state index is 13.9. The second kappa shape index (κ2) is 38.5. The quantitative estimate of drug-likeness (QED) is 0.0430. The van der Waals surface area contributed by atoms with Crippen LogP contribution in [0, 0.1) is 0 Å². The van der Waals surface area contributed by atoms with Crippen LogP contribution in [0.5, 0.6) is 0 Å². The molecule has 0 bridgehead atoms. The number of carboxylic acid groups (broad SMARTS) is 3. The monoisotopic (exact) mass is 1000 g/mol. The van der Waals surface area contributed by atoms with E-state index in [0.717, 1.165) is 24.0 Å². The average molecular weight is 1000 g/mol. The van der Waals surface area contributed by atoms with Crippen LogP contribution in [0.3, 0.4) is 0 Å². The van der Waals surface area contributed by atoms with Crippen LogP contribution in [0.25, 0.3) is 0 Å². The molecular formula is C49H74N6O16. The predicted octanol–water partition coefficient (Wildman–Crippen LogP) is 1.97. The molecule has 2 aromatic rings. The Morgan fingerprint density at radius 2 is 0.915 bits per heavy atom. The molecule has 9 N–H and O–H groups in total. The summed E-state index contributed by atoms with van der Waals surface area (Å²) in [6, 6.07) is 12.4. The number of hydrogen-bond donors (Lipinski definition) is 9. The van der Waals surface area contributed by atoms with E-state index in [-0.39, 0.29) is 51.2 Å². The topological polar surface area (TPSA) is 316 Å². The fourth-order valence-electron chi connectivity index (χ4n) is 6.72. The summed E-state index contributed by atoms with van der Waals surface area (Å²) in [5, 5.41) is 42.9. The first-order valence-corrected chi connectivity index (χ1v) is 24.1. The first-order valence-electron chi connectivity index (χ1n) is 24.1. The number of ether oxygens (including phenoxy) is 5. The minimum absolute atomic E-state index is 0.156. The molecule has 396 valence electrons. The fraction of sp³-hybridized carbons (Fsp3) is 0.592. The van der Waals surface area contributed by atoms with Gasteiger partial charge in [0, 0.05) is 51.8 Å². The van der Waals surface area contributed by atoms with Crippen molar-refractivity contribution in [1.29, 1.82) is 0 Å². The molecule has 22 nitrogen and oxygen atoms in total. The van der Waals surface area contributed by atoms with Gasteiger partial charge < -0.3 is 70.9 Å². The number of rotatable bonds is 42. The molecule has 0 aliphatic heterocycles. The van der Waals surface area contributed by atoms with Crippen LogP contribution >= 0.6 is 0 Å². The summed E-state index contributed by atoms with van der Waals surface area (Å²) in [7, 11) is 0. The number of carbonyl (C=O) groups excluding carboxylic acids is 5. The third-order valence-corrected chi connectivity index (χ3v) is 10.5. The molecule has 1 unspecified atom stereocenters. The summed E-state index contributed by atoms with van der Waals surface area (Å²) in [5.74, 6) is -5.88. The van der Waals surface area contributed by atoms with Crippen LogP contribution in [-0.2, 0) is 70.1 Å². The number of hydrogen-bond acceptors (Lipinski definition) is 13. The van der Waals surface area contributed by atoms with Crippen LogP contribution in [0.4, 0.5) is 4.79 Å². The van der Waals surface area contributed by atoms with Crippen molar-refractivity contribution in [3.05, 3.63) is 71.8 Å². The zero-order chi connectivity index (χ0) is 51.9. The molecule has 4 atom stereocenters. The molecule has 6 amide bonds. The van der Waals surface area contributed by atoms with Crippen molar-refractivity contribution >= 4 is 47.6 Å². The minimum Gasteiger partial charge on any atom is -0.481 e. The second-order valence-corrected chi connectivity index (χ2v) is 16.2. The number of aliphatic carboxylic acids is 3. The Balaban J connectivity index is 1.77. The van der Waals surface area contributed by atoms with Gasteiger partial charge in [-0.2, -0.15) is 0 Å². The van der Waals surface area contributed by atoms with Gasteiger partial charge >= 0.3 is 23.9 Å². The van der Waals surface area contributed by atoms with Gasteiger partial charge in [0.2, 0.25) is 23.6 Å². The van der Waals surface area contributed by atoms with E-state index in [1.807, 2.05) is 72.9 Å². The molecule has 0 saturated heterocycles. The summed E-state index contributed by atoms with van der Waals surface area (Å²) in [6.07, 6.45) is 2.43. The van der Waals surface area contributed by atoms with Gasteiger partial charge in [-0.1, -0.05) is 79.9 Å². The molecule has 0 aliphatic carbocycles. The number of nitrogens with one attached hydrogen (secondary N) is 6. The summed E-state index contributed by atoms with van der Waals surface area (Å²) < 4.78 is 27.2. The highest BCUT2D eigenvalue weighted by Gasteiger charge is 2.28. The lowest BCUT2D eigenvalue weighted by atomic mass is 10.0. The maximum Gasteiger partial charge on any atom is 0.326 e. The zero-order valence-electron chi connectivity index (χ0n) is 40.7. The molecule has 0 fully saturated rings. The SMILES string of the molecule is CCOCCOCCOCCOCCOCCNC(=O)[C@H](Cc1ccccc1)NC(=O)C(Cc1ccccc1)NC(=O)CCCCCCCNC(=O)CC[C@H](NC(=O)N[C@@H](CCC(=O)O)C(=O)O)C(=O)O. The smallest absolute Gasteiger partial charge is 0.326 e. The molecule has 2 aromatic carbocycles. The van der Waals surface area contributed by atoms with Gasteiger partial charge in [-0.25, -0.2) is 14.4 Å². The normalized spacial score (nSPS) is 12.6. The summed E-state index contributed by atoms with van der Waals surface area (Å²) in [5.41, 5.74) is 1.65. The van der Waals surface area contributed by atoms with Gasteiger partial charge in [-0.05, 0) is 43.7 Å². The molecule has 0 aliphatic rings. The molecule has 0 spiro atoms. The Hall–Kier alpha value is -6.20. The van der Waals surface area contributed by atoms with Crippen molar-refractivity contribution in [3.63, 3.8) is 0 Å². The lowest BCUT2D eigenvalue weighted by Crippen LogP contribution is -2.55. The third kappa shape index (κ3) is 30.9. The molecular weight excluding hydrogens is 929 g/mol. The Bertz CT molecular complexity index is 1860. The van der Waals surface area contributed by atoms with E-state index in [2.05, 4.69) is 26.6 Å². The number of urea groups is 1. The van der Waals surface area contributed by atoms with Crippen LogP contribution in [-0.4, -0.2) is 166 Å². The zero-order valence-corrected chi connectivity index (χ0v) is 40.7. The van der Waals surface area contributed by atoms with Gasteiger partial charge in [0.15, 0.2) is 0 Å². The third-order valence-electron chi connectivity index (χ3n) is 10.5. The van der Waals surface area contributed by atoms with E-state index in [9.17, 15) is 48.6 Å². The predicted molar refractivity (Wildman–Crippen MR) is 258 cm³/mol. The van der Waals surface area contributed by atoms with Crippen LogP contribution in [0.15, 0.2) is 60.7 Å². The summed E-state index contributed by atoms with van der Waals surface area (Å²) in [6.45, 7) is 6.82. The highest BCUT2D eigenvalue weighted by atomic mass is 16.6. The van der Waals surface area contributed by atoms with Crippen LogP contribution in [0.2, 0.25) is 0 Å². The van der Waals surface area contributed by atoms with Crippen LogP contribution < -0.4 is 31.9 Å². The van der Waals surface area contributed by atoms with Gasteiger partial charge in [0.05, 0.1) is 59.5 Å². The first-order chi connectivity index (χ1) is 34.3. The lowest BCUT2D eigenvalue weighted by molar-refractivity contribution is -0.141. The van der Waals surface area contributed by atoms with E-state index < -0.39 is 78.7 Å². The Morgan fingerprint density at radius 1 is 0.451 bits per heavy atom. The van der Waals surface area contributed by atoms with E-state index in [1.165, 1.54) is 0 Å². The van der Waals surface area contributed by atoms with Crippen molar-refractivity contribution in [2.75, 3.05) is 79.2 Å². The lowest BCUT2D eigenvalue weighted by Gasteiger charge is -2.23. The minimum atomic E-state index is -1.55. The van der Waals surface area contributed by atoms with E-state index >= 15 is 0 Å². The van der Waals surface area contributed by atoms with Gasteiger partial charge in [0.25, 0.3) is 0 Å². The second-order valence-electron chi connectivity index (χ2n) is 16.2. The van der Waals surface area contributed by atoms with Gasteiger partial charge in [-0.3, -0.25) is 24.0 Å². The van der Waals surface area contributed by atoms with Crippen molar-refractivity contribution < 1.29 is 77.4 Å². The molecule has 0 heterocycles. The highest BCUT2D eigenvalue weighted by Crippen LogP contribution is 2.10. The molecule has 0 radical (unpaired) electrons. The Labute approximate surface area is 415 Å². The fourth-order valence-corrected chi connectivity index (χ4v) is 6.72. The van der Waals surface area contributed by atoms with Gasteiger partial charge in [-0.15, -0.1) is 0 Å². The summed E-state index contributed by atoms with van der Waals surface area (Å²) in [4.78, 5) is 99.0. The number of carbonyl (C=O) groups is 8. The summed E-state index contributed by atoms with van der Waals surface area (Å²) >= 11 is 0. The maximum absolute atomic E-state index is 13.9. The number of amides is 6. The number of benzene rings is 2. The van der Waals surface area contributed by atoms with E-state index in [1.54, 1.807) is 0 Å². The molecule has 2 rings (SSSR count). The highest BCUT2D eigenvalue weighted by molar-refractivity contribution is 5.92. The number of unbranched alkanes of at least 4 members (excludes halogenated alkanes) is 4. The number of carboxylic acids is 3. The van der Waals surface area contributed by atoms with Crippen molar-refractivity contribution in [2.24, 2.45) is 0 Å². The van der Waals surface area contributed by atoms with Crippen molar-refractivity contribution in [2.45, 2.75) is 108 Å². The van der Waals surface area contributed by atoms with E-state index in [0.29, 0.717) is 85.3 Å². The van der Waals surface area contributed by atoms with Crippen LogP contribution in [0.1, 0.15) is 82.3 Å². The molecule has 71 heavy (non-hydrogen) atoms.